The van der Waals surface area contributed by atoms with E-state index in [4.69, 9.17) is 11.5 Å². The first-order chi connectivity index (χ1) is 8.47. The number of benzene rings is 1. The zero-order valence-corrected chi connectivity index (χ0v) is 10.7. The predicted octanol–water partition coefficient (Wildman–Crippen LogP) is 1.04. The average molecular weight is 263 g/mol. The third-order valence-electron chi connectivity index (χ3n) is 2.49. The van der Waals surface area contributed by atoms with Crippen molar-refractivity contribution in [2.24, 2.45) is 5.73 Å². The topological polar surface area (TPSA) is 89.4 Å². The Hall–Kier alpha value is -2.08. The number of hydrogen-bond donors (Lipinski definition) is 2. The van der Waals surface area contributed by atoms with Crippen molar-refractivity contribution >= 4 is 38.9 Å². The van der Waals surface area contributed by atoms with Crippen LogP contribution in [0.1, 0.15) is 9.67 Å². The molecule has 2 amide bonds. The van der Waals surface area contributed by atoms with Crippen molar-refractivity contribution in [3.05, 3.63) is 29.1 Å². The lowest BCUT2D eigenvalue weighted by molar-refractivity contribution is -0.118. The van der Waals surface area contributed by atoms with Gasteiger partial charge in [0.25, 0.3) is 5.91 Å². The molecule has 0 saturated heterocycles. The van der Waals surface area contributed by atoms with Crippen molar-refractivity contribution in [3.8, 4) is 0 Å². The number of fused-ring (bicyclic) bond motifs is 1. The third kappa shape index (κ3) is 2.43. The molecule has 0 aliphatic heterocycles. The largest absolute Gasteiger partial charge is 0.399 e. The van der Waals surface area contributed by atoms with Gasteiger partial charge in [-0.25, -0.2) is 0 Å². The zero-order valence-electron chi connectivity index (χ0n) is 9.84. The van der Waals surface area contributed by atoms with Crippen LogP contribution in [-0.2, 0) is 4.79 Å². The lowest BCUT2D eigenvalue weighted by Crippen LogP contribution is -2.34. The second kappa shape index (κ2) is 4.66. The first-order valence-electron chi connectivity index (χ1n) is 5.30. The highest BCUT2D eigenvalue weighted by atomic mass is 32.1. The number of carbonyl (C=O) groups excluding carboxylic acids is 2. The Morgan fingerprint density at radius 2 is 2.06 bits per heavy atom. The maximum absolute atomic E-state index is 12.0. The van der Waals surface area contributed by atoms with E-state index in [1.165, 1.54) is 16.2 Å². The highest BCUT2D eigenvalue weighted by Crippen LogP contribution is 2.27. The van der Waals surface area contributed by atoms with Crippen molar-refractivity contribution in [2.45, 2.75) is 0 Å². The summed E-state index contributed by atoms with van der Waals surface area (Å²) >= 11 is 1.37. The molecule has 0 aliphatic rings. The summed E-state index contributed by atoms with van der Waals surface area (Å²) in [5, 5.41) is 0.927. The fraction of sp³-hybridized carbons (Fsp3) is 0.167. The van der Waals surface area contributed by atoms with Gasteiger partial charge in [0.1, 0.15) is 0 Å². The number of rotatable bonds is 3. The number of hydrogen-bond acceptors (Lipinski definition) is 4. The number of likely N-dealkylation sites (N-methyl/N-ethyl adjacent to an activating group) is 1. The van der Waals surface area contributed by atoms with Crippen LogP contribution in [0.2, 0.25) is 0 Å². The van der Waals surface area contributed by atoms with Crippen molar-refractivity contribution in [1.29, 1.82) is 0 Å². The number of nitrogen functional groups attached to an aromatic ring is 1. The molecule has 0 saturated carbocycles. The van der Waals surface area contributed by atoms with Gasteiger partial charge in [-0.15, -0.1) is 11.3 Å². The van der Waals surface area contributed by atoms with Gasteiger partial charge < -0.3 is 16.4 Å². The zero-order chi connectivity index (χ0) is 13.3. The molecule has 1 aromatic heterocycles. The number of primary amides is 1. The van der Waals surface area contributed by atoms with Gasteiger partial charge in [-0.1, -0.05) is 0 Å². The van der Waals surface area contributed by atoms with E-state index in [0.717, 1.165) is 10.1 Å². The first-order valence-corrected chi connectivity index (χ1v) is 6.12. The van der Waals surface area contributed by atoms with Crippen LogP contribution in [0.4, 0.5) is 5.69 Å². The number of carbonyl (C=O) groups is 2. The van der Waals surface area contributed by atoms with Crippen LogP contribution >= 0.6 is 11.3 Å². The van der Waals surface area contributed by atoms with E-state index in [1.54, 1.807) is 19.2 Å². The number of amides is 2. The fourth-order valence-electron chi connectivity index (χ4n) is 1.66. The molecule has 4 N–H and O–H groups in total. The minimum Gasteiger partial charge on any atom is -0.399 e. The maximum Gasteiger partial charge on any atom is 0.264 e. The van der Waals surface area contributed by atoms with Crippen LogP contribution in [0.15, 0.2) is 24.3 Å². The van der Waals surface area contributed by atoms with E-state index in [2.05, 4.69) is 0 Å². The number of anilines is 1. The summed E-state index contributed by atoms with van der Waals surface area (Å²) in [6.45, 7) is -0.0881. The molecule has 0 radical (unpaired) electrons. The highest BCUT2D eigenvalue weighted by molar-refractivity contribution is 7.20. The average Bonchev–Trinajstić information content (AvgIpc) is 2.69. The first kappa shape index (κ1) is 12.4. The van der Waals surface area contributed by atoms with Crippen LogP contribution in [0.5, 0.6) is 0 Å². The summed E-state index contributed by atoms with van der Waals surface area (Å²) in [7, 11) is 1.55. The van der Waals surface area contributed by atoms with Crippen LogP contribution in [-0.4, -0.2) is 30.3 Å². The summed E-state index contributed by atoms with van der Waals surface area (Å²) in [5.41, 5.74) is 11.4. The van der Waals surface area contributed by atoms with Crippen molar-refractivity contribution in [3.63, 3.8) is 0 Å². The molecule has 1 aromatic carbocycles. The Bertz CT molecular complexity index is 621. The Morgan fingerprint density at radius 3 is 2.72 bits per heavy atom. The molecule has 1 heterocycles. The molecule has 2 aromatic rings. The molecular formula is C12H13N3O2S. The van der Waals surface area contributed by atoms with Gasteiger partial charge in [-0.3, -0.25) is 9.59 Å². The lowest BCUT2D eigenvalue weighted by Gasteiger charge is -2.13. The smallest absolute Gasteiger partial charge is 0.264 e. The quantitative estimate of drug-likeness (QED) is 0.811. The standard InChI is InChI=1S/C12H13N3O2S/c1-15(6-11(14)16)12(17)10-5-7-4-8(13)2-3-9(7)18-10/h2-5H,6,13H2,1H3,(H2,14,16). The molecule has 0 fully saturated rings. The third-order valence-corrected chi connectivity index (χ3v) is 3.59. The molecule has 0 bridgehead atoms. The molecule has 5 nitrogen and oxygen atoms in total. The Balaban J connectivity index is 2.30. The number of nitrogens with two attached hydrogens (primary N) is 2. The van der Waals surface area contributed by atoms with Gasteiger partial charge in [0.2, 0.25) is 5.91 Å². The predicted molar refractivity (Wildman–Crippen MR) is 72.4 cm³/mol. The molecular weight excluding hydrogens is 250 g/mol. The molecule has 0 spiro atoms. The minimum atomic E-state index is -0.531. The van der Waals surface area contributed by atoms with Gasteiger partial charge in [0, 0.05) is 17.4 Å². The van der Waals surface area contributed by atoms with E-state index in [1.807, 2.05) is 12.1 Å². The summed E-state index contributed by atoms with van der Waals surface area (Å²) in [6, 6.07) is 7.26. The van der Waals surface area contributed by atoms with Gasteiger partial charge in [-0.2, -0.15) is 0 Å². The molecule has 6 heteroatoms. The van der Waals surface area contributed by atoms with Gasteiger partial charge in [0.15, 0.2) is 0 Å². The van der Waals surface area contributed by atoms with Crippen LogP contribution in [0.3, 0.4) is 0 Å². The molecule has 0 atom stereocenters. The Morgan fingerprint density at radius 1 is 1.33 bits per heavy atom. The molecule has 94 valence electrons. The van der Waals surface area contributed by atoms with E-state index in [0.29, 0.717) is 10.6 Å². The maximum atomic E-state index is 12.0. The van der Waals surface area contributed by atoms with Gasteiger partial charge >= 0.3 is 0 Å². The van der Waals surface area contributed by atoms with E-state index >= 15 is 0 Å². The summed E-state index contributed by atoms with van der Waals surface area (Å²) in [6.07, 6.45) is 0. The molecule has 2 rings (SSSR count). The lowest BCUT2D eigenvalue weighted by atomic mass is 10.2. The van der Waals surface area contributed by atoms with Gasteiger partial charge in [-0.05, 0) is 29.7 Å². The van der Waals surface area contributed by atoms with Gasteiger partial charge in [0.05, 0.1) is 11.4 Å². The SMILES string of the molecule is CN(CC(N)=O)C(=O)c1cc2cc(N)ccc2s1. The summed E-state index contributed by atoms with van der Waals surface area (Å²) in [5.74, 6) is -0.746. The highest BCUT2D eigenvalue weighted by Gasteiger charge is 2.16. The van der Waals surface area contributed by atoms with E-state index < -0.39 is 5.91 Å². The molecule has 0 unspecified atom stereocenters. The Labute approximate surface area is 108 Å². The second-order valence-electron chi connectivity index (χ2n) is 4.04. The number of nitrogens with zero attached hydrogens (tertiary/aromatic N) is 1. The van der Waals surface area contributed by atoms with Crippen molar-refractivity contribution in [2.75, 3.05) is 19.3 Å². The summed E-state index contributed by atoms with van der Waals surface area (Å²) in [4.78, 5) is 24.7. The molecule has 18 heavy (non-hydrogen) atoms. The van der Waals surface area contributed by atoms with Crippen LogP contribution < -0.4 is 11.5 Å². The second-order valence-corrected chi connectivity index (χ2v) is 5.12. The molecule has 0 aliphatic carbocycles. The van der Waals surface area contributed by atoms with E-state index in [-0.39, 0.29) is 12.5 Å². The van der Waals surface area contributed by atoms with Crippen LogP contribution in [0.25, 0.3) is 10.1 Å². The fourth-order valence-corrected chi connectivity index (χ4v) is 2.70. The Kier molecular flexibility index (Phi) is 3.20. The normalized spacial score (nSPS) is 10.5. The van der Waals surface area contributed by atoms with E-state index in [9.17, 15) is 9.59 Å². The summed E-state index contributed by atoms with van der Waals surface area (Å²) < 4.78 is 0.986. The monoisotopic (exact) mass is 263 g/mol. The van der Waals surface area contributed by atoms with Crippen molar-refractivity contribution < 1.29 is 9.59 Å². The minimum absolute atomic E-state index is 0.0881. The van der Waals surface area contributed by atoms with Crippen LogP contribution in [0, 0.1) is 0 Å². The van der Waals surface area contributed by atoms with Crippen molar-refractivity contribution in [1.82, 2.24) is 4.90 Å². The number of thiophene rings is 1.